The van der Waals surface area contributed by atoms with Gasteiger partial charge in [-0.05, 0) is 19.8 Å². The first kappa shape index (κ1) is 10.4. The summed E-state index contributed by atoms with van der Waals surface area (Å²) in [6.45, 7) is 2.97. The zero-order valence-electron chi connectivity index (χ0n) is 8.04. The van der Waals surface area contributed by atoms with E-state index in [0.717, 1.165) is 12.8 Å². The van der Waals surface area contributed by atoms with Crippen molar-refractivity contribution < 1.29 is 14.3 Å². The molecule has 74 valence electrons. The first-order valence-corrected chi connectivity index (χ1v) is 4.86. The molecule has 1 aliphatic rings. The topological polar surface area (TPSA) is 43.4 Å². The number of carbonyl (C=O) groups excluding carboxylic acids is 2. The van der Waals surface area contributed by atoms with Gasteiger partial charge in [-0.25, -0.2) is 0 Å². The maximum Gasteiger partial charge on any atom is 0.143 e. The Kier molecular flexibility index (Phi) is 4.09. The minimum atomic E-state index is 0.0188. The first-order valence-electron chi connectivity index (χ1n) is 4.86. The van der Waals surface area contributed by atoms with Gasteiger partial charge in [-0.2, -0.15) is 0 Å². The number of ketones is 2. The summed E-state index contributed by atoms with van der Waals surface area (Å²) in [6.07, 6.45) is 2.47. The molecule has 1 aliphatic carbocycles. The fourth-order valence-corrected chi connectivity index (χ4v) is 1.16. The Morgan fingerprint density at radius 1 is 1.38 bits per heavy atom. The third-order valence-electron chi connectivity index (χ3n) is 2.13. The quantitative estimate of drug-likeness (QED) is 0.443. The van der Waals surface area contributed by atoms with Crippen LogP contribution >= 0.6 is 0 Å². The largest absolute Gasteiger partial charge is 0.381 e. The molecule has 0 aromatic heterocycles. The van der Waals surface area contributed by atoms with E-state index in [4.69, 9.17) is 4.74 Å². The molecule has 13 heavy (non-hydrogen) atoms. The Bertz CT molecular complexity index is 194. The lowest BCUT2D eigenvalue weighted by Crippen LogP contribution is -2.11. The molecule has 1 saturated carbocycles. The summed E-state index contributed by atoms with van der Waals surface area (Å²) >= 11 is 0. The second-order valence-electron chi connectivity index (χ2n) is 3.40. The van der Waals surface area contributed by atoms with Gasteiger partial charge in [0.05, 0.1) is 13.0 Å². The third-order valence-corrected chi connectivity index (χ3v) is 2.13. The van der Waals surface area contributed by atoms with E-state index in [0.29, 0.717) is 19.6 Å². The van der Waals surface area contributed by atoms with Gasteiger partial charge in [-0.15, -0.1) is 0 Å². The number of hydrogen-bond acceptors (Lipinski definition) is 3. The zero-order chi connectivity index (χ0) is 9.68. The van der Waals surface area contributed by atoms with Crippen molar-refractivity contribution in [1.82, 2.24) is 0 Å². The van der Waals surface area contributed by atoms with E-state index >= 15 is 0 Å². The standard InChI is InChI=1S/C10H16O3/c1-2-13-6-5-9(11)7-10(12)8-3-4-8/h8H,2-7H2,1H3. The number of ether oxygens (including phenoxy) is 1. The molecular weight excluding hydrogens is 168 g/mol. The van der Waals surface area contributed by atoms with Crippen molar-refractivity contribution in [2.24, 2.45) is 5.92 Å². The van der Waals surface area contributed by atoms with Gasteiger partial charge >= 0.3 is 0 Å². The normalized spacial score (nSPS) is 15.8. The van der Waals surface area contributed by atoms with Gasteiger partial charge in [0.15, 0.2) is 0 Å². The van der Waals surface area contributed by atoms with Crippen molar-refractivity contribution in [3.63, 3.8) is 0 Å². The van der Waals surface area contributed by atoms with Crippen LogP contribution in [0.2, 0.25) is 0 Å². The second-order valence-corrected chi connectivity index (χ2v) is 3.40. The Labute approximate surface area is 78.5 Å². The molecule has 3 nitrogen and oxygen atoms in total. The summed E-state index contributed by atoms with van der Waals surface area (Å²) in [4.78, 5) is 22.3. The fourth-order valence-electron chi connectivity index (χ4n) is 1.16. The number of rotatable bonds is 7. The van der Waals surface area contributed by atoms with Crippen LogP contribution in [0.1, 0.15) is 32.6 Å². The van der Waals surface area contributed by atoms with E-state index in [1.165, 1.54) is 0 Å². The smallest absolute Gasteiger partial charge is 0.143 e. The van der Waals surface area contributed by atoms with Gasteiger partial charge in [0.25, 0.3) is 0 Å². The van der Waals surface area contributed by atoms with Crippen LogP contribution in [0.4, 0.5) is 0 Å². The predicted molar refractivity (Wildman–Crippen MR) is 48.5 cm³/mol. The van der Waals surface area contributed by atoms with Gasteiger partial charge in [0.1, 0.15) is 11.6 Å². The Balaban J connectivity index is 2.06. The lowest BCUT2D eigenvalue weighted by molar-refractivity contribution is -0.128. The molecule has 3 heteroatoms. The van der Waals surface area contributed by atoms with Crippen molar-refractivity contribution >= 4 is 11.6 Å². The van der Waals surface area contributed by atoms with Crippen molar-refractivity contribution in [3.05, 3.63) is 0 Å². The maximum absolute atomic E-state index is 11.2. The van der Waals surface area contributed by atoms with Gasteiger partial charge in [0.2, 0.25) is 0 Å². The van der Waals surface area contributed by atoms with Gasteiger partial charge in [-0.1, -0.05) is 0 Å². The summed E-state index contributed by atoms with van der Waals surface area (Å²) < 4.78 is 5.03. The minimum absolute atomic E-state index is 0.0188. The number of Topliss-reactive ketones (excluding diaryl/α,β-unsaturated/α-hetero) is 2. The third kappa shape index (κ3) is 4.18. The monoisotopic (exact) mass is 184 g/mol. The average Bonchev–Trinajstić information content (AvgIpc) is 2.86. The Morgan fingerprint density at radius 2 is 2.08 bits per heavy atom. The highest BCUT2D eigenvalue weighted by molar-refractivity contribution is 6.00. The van der Waals surface area contributed by atoms with Crippen LogP contribution in [-0.4, -0.2) is 24.8 Å². The number of carbonyl (C=O) groups is 2. The molecule has 1 fully saturated rings. The molecule has 0 heterocycles. The Hall–Kier alpha value is -0.700. The molecule has 0 bridgehead atoms. The van der Waals surface area contributed by atoms with Crippen LogP contribution in [-0.2, 0) is 14.3 Å². The minimum Gasteiger partial charge on any atom is -0.381 e. The van der Waals surface area contributed by atoms with E-state index in [1.54, 1.807) is 0 Å². The molecule has 0 radical (unpaired) electrons. The predicted octanol–water partition coefficient (Wildman–Crippen LogP) is 1.35. The molecule has 0 aliphatic heterocycles. The second kappa shape index (κ2) is 5.12. The van der Waals surface area contributed by atoms with Crippen LogP contribution in [0.15, 0.2) is 0 Å². The SMILES string of the molecule is CCOCCC(=O)CC(=O)C1CC1. The van der Waals surface area contributed by atoms with Crippen molar-refractivity contribution in [2.45, 2.75) is 32.6 Å². The van der Waals surface area contributed by atoms with Gasteiger partial charge in [0, 0.05) is 18.9 Å². The molecule has 1 rings (SSSR count). The average molecular weight is 184 g/mol. The fraction of sp³-hybridized carbons (Fsp3) is 0.800. The van der Waals surface area contributed by atoms with Gasteiger partial charge < -0.3 is 4.74 Å². The molecule has 0 unspecified atom stereocenters. The summed E-state index contributed by atoms with van der Waals surface area (Å²) in [5, 5.41) is 0. The molecule has 0 saturated heterocycles. The van der Waals surface area contributed by atoms with E-state index in [-0.39, 0.29) is 23.9 Å². The molecule has 0 amide bonds. The van der Waals surface area contributed by atoms with E-state index in [1.807, 2.05) is 6.92 Å². The highest BCUT2D eigenvalue weighted by Gasteiger charge is 2.30. The summed E-state index contributed by atoms with van der Waals surface area (Å²) in [5.41, 5.74) is 0. The van der Waals surface area contributed by atoms with E-state index in [9.17, 15) is 9.59 Å². The molecule has 0 spiro atoms. The van der Waals surface area contributed by atoms with Crippen LogP contribution in [0.25, 0.3) is 0 Å². The van der Waals surface area contributed by atoms with Crippen LogP contribution in [0.5, 0.6) is 0 Å². The van der Waals surface area contributed by atoms with Crippen molar-refractivity contribution in [3.8, 4) is 0 Å². The number of hydrogen-bond donors (Lipinski definition) is 0. The summed E-state index contributed by atoms with van der Waals surface area (Å²) in [6, 6.07) is 0. The van der Waals surface area contributed by atoms with Gasteiger partial charge in [-0.3, -0.25) is 9.59 Å². The molecule has 0 atom stereocenters. The van der Waals surface area contributed by atoms with E-state index in [2.05, 4.69) is 0 Å². The highest BCUT2D eigenvalue weighted by atomic mass is 16.5. The van der Waals surface area contributed by atoms with Crippen LogP contribution in [0, 0.1) is 5.92 Å². The van der Waals surface area contributed by atoms with Crippen LogP contribution in [0.3, 0.4) is 0 Å². The zero-order valence-corrected chi connectivity index (χ0v) is 8.04. The molecule has 0 N–H and O–H groups in total. The Morgan fingerprint density at radius 3 is 2.62 bits per heavy atom. The van der Waals surface area contributed by atoms with Crippen molar-refractivity contribution in [1.29, 1.82) is 0 Å². The molecule has 0 aromatic rings. The highest BCUT2D eigenvalue weighted by Crippen LogP contribution is 2.30. The summed E-state index contributed by atoms with van der Waals surface area (Å²) in [7, 11) is 0. The van der Waals surface area contributed by atoms with E-state index < -0.39 is 0 Å². The lowest BCUT2D eigenvalue weighted by atomic mass is 10.1. The van der Waals surface area contributed by atoms with Crippen molar-refractivity contribution in [2.75, 3.05) is 13.2 Å². The molecular formula is C10H16O3. The lowest BCUT2D eigenvalue weighted by Gasteiger charge is -1.99. The summed E-state index contributed by atoms with van der Waals surface area (Å²) in [5.74, 6) is 0.350. The first-order chi connectivity index (χ1) is 6.24. The van der Waals surface area contributed by atoms with Crippen LogP contribution < -0.4 is 0 Å². The maximum atomic E-state index is 11.2. The molecule has 0 aromatic carbocycles.